The van der Waals surface area contributed by atoms with Crippen LogP contribution in [0.5, 0.6) is 0 Å². The third-order valence-electron chi connectivity index (χ3n) is 2.31. The van der Waals surface area contributed by atoms with E-state index in [0.29, 0.717) is 0 Å². The molecule has 0 heterocycles. The van der Waals surface area contributed by atoms with Crippen molar-refractivity contribution in [3.8, 4) is 11.1 Å². The minimum Gasteiger partial charge on any atom is -0.399 e. The molecule has 0 aliphatic heterocycles. The average Bonchev–Trinajstić information content (AvgIpc) is 2.27. The highest BCUT2D eigenvalue weighted by Crippen LogP contribution is 2.32. The van der Waals surface area contributed by atoms with Crippen LogP contribution in [0.3, 0.4) is 0 Å². The third-order valence-corrected chi connectivity index (χ3v) is 2.92. The second-order valence-corrected chi connectivity index (χ2v) is 4.31. The molecule has 0 aromatic heterocycles. The Bertz CT molecular complexity index is 584. The topological polar surface area (TPSA) is 26.0 Å². The first-order valence-corrected chi connectivity index (χ1v) is 5.49. The molecule has 0 aliphatic rings. The molecule has 2 aromatic carbocycles. The molecule has 5 heteroatoms. The van der Waals surface area contributed by atoms with Gasteiger partial charge in [0.15, 0.2) is 0 Å². The Morgan fingerprint density at radius 2 is 1.65 bits per heavy atom. The number of nitrogens with two attached hydrogens (primary N) is 1. The fraction of sp³-hybridized carbons (Fsp3) is 0. The van der Waals surface area contributed by atoms with Crippen LogP contribution in [0.25, 0.3) is 11.1 Å². The van der Waals surface area contributed by atoms with Crippen LogP contribution in [0, 0.1) is 17.5 Å². The second kappa shape index (κ2) is 4.41. The van der Waals surface area contributed by atoms with Gasteiger partial charge < -0.3 is 5.73 Å². The molecule has 1 nitrogen and oxygen atoms in total. The summed E-state index contributed by atoms with van der Waals surface area (Å²) in [5.74, 6) is -2.43. The molecule has 88 valence electrons. The van der Waals surface area contributed by atoms with Crippen LogP contribution in [-0.4, -0.2) is 0 Å². The van der Waals surface area contributed by atoms with Crippen LogP contribution in [-0.2, 0) is 0 Å². The zero-order chi connectivity index (χ0) is 12.6. The first kappa shape index (κ1) is 12.0. The number of hydrogen-bond donors (Lipinski definition) is 1. The van der Waals surface area contributed by atoms with Crippen molar-refractivity contribution in [3.05, 3.63) is 52.3 Å². The van der Waals surface area contributed by atoms with Gasteiger partial charge >= 0.3 is 0 Å². The fourth-order valence-corrected chi connectivity index (χ4v) is 1.84. The molecule has 0 atom stereocenters. The zero-order valence-electron chi connectivity index (χ0n) is 8.48. The summed E-state index contributed by atoms with van der Waals surface area (Å²) in [6.07, 6.45) is 0. The maximum absolute atomic E-state index is 13.7. The summed E-state index contributed by atoms with van der Waals surface area (Å²) in [6, 6.07) is 5.95. The Kier molecular flexibility index (Phi) is 3.11. The Hall–Kier alpha value is -1.49. The van der Waals surface area contributed by atoms with Gasteiger partial charge in [0.1, 0.15) is 17.5 Å². The largest absolute Gasteiger partial charge is 0.399 e. The molecule has 2 rings (SSSR count). The number of benzene rings is 2. The highest BCUT2D eigenvalue weighted by atomic mass is 79.9. The lowest BCUT2D eigenvalue weighted by Gasteiger charge is -2.08. The first-order valence-electron chi connectivity index (χ1n) is 4.69. The Morgan fingerprint density at radius 3 is 2.29 bits per heavy atom. The number of nitrogen functional groups attached to an aromatic ring is 1. The lowest BCUT2D eigenvalue weighted by molar-refractivity contribution is 0.578. The maximum atomic E-state index is 13.7. The SMILES string of the molecule is Nc1ccc(-c2c(F)ccc(Br)c2F)c(F)c1. The van der Waals surface area contributed by atoms with Crippen molar-refractivity contribution in [2.24, 2.45) is 0 Å². The summed E-state index contributed by atoms with van der Waals surface area (Å²) in [4.78, 5) is 0. The van der Waals surface area contributed by atoms with E-state index in [4.69, 9.17) is 5.73 Å². The van der Waals surface area contributed by atoms with Crippen LogP contribution in [0.2, 0.25) is 0 Å². The zero-order valence-corrected chi connectivity index (χ0v) is 10.1. The Labute approximate surface area is 104 Å². The van der Waals surface area contributed by atoms with E-state index in [-0.39, 0.29) is 15.7 Å². The Morgan fingerprint density at radius 1 is 0.941 bits per heavy atom. The van der Waals surface area contributed by atoms with Crippen LogP contribution in [0.4, 0.5) is 18.9 Å². The monoisotopic (exact) mass is 301 g/mol. The summed E-state index contributed by atoms with van der Waals surface area (Å²) in [7, 11) is 0. The molecular weight excluding hydrogens is 295 g/mol. The predicted octanol–water partition coefficient (Wildman–Crippen LogP) is 4.12. The van der Waals surface area contributed by atoms with E-state index in [1.54, 1.807) is 0 Å². The summed E-state index contributed by atoms with van der Waals surface area (Å²) in [6.45, 7) is 0. The van der Waals surface area contributed by atoms with E-state index in [1.165, 1.54) is 18.2 Å². The third kappa shape index (κ3) is 2.15. The smallest absolute Gasteiger partial charge is 0.148 e. The van der Waals surface area contributed by atoms with Gasteiger partial charge in [-0.2, -0.15) is 0 Å². The quantitative estimate of drug-likeness (QED) is 0.622. The Balaban J connectivity index is 2.72. The van der Waals surface area contributed by atoms with E-state index >= 15 is 0 Å². The number of anilines is 1. The highest BCUT2D eigenvalue weighted by Gasteiger charge is 2.17. The van der Waals surface area contributed by atoms with Crippen molar-refractivity contribution in [2.45, 2.75) is 0 Å². The van der Waals surface area contributed by atoms with E-state index in [0.717, 1.165) is 12.1 Å². The molecule has 0 saturated heterocycles. The molecule has 2 N–H and O–H groups in total. The second-order valence-electron chi connectivity index (χ2n) is 3.46. The minimum absolute atomic E-state index is 0.0742. The minimum atomic E-state index is -0.839. The molecule has 0 bridgehead atoms. The maximum Gasteiger partial charge on any atom is 0.148 e. The fourth-order valence-electron chi connectivity index (χ4n) is 1.51. The summed E-state index contributed by atoms with van der Waals surface area (Å²) >= 11 is 2.93. The van der Waals surface area contributed by atoms with Crippen molar-refractivity contribution >= 4 is 21.6 Å². The van der Waals surface area contributed by atoms with Crippen LogP contribution >= 0.6 is 15.9 Å². The average molecular weight is 302 g/mol. The van der Waals surface area contributed by atoms with Crippen molar-refractivity contribution in [3.63, 3.8) is 0 Å². The molecule has 17 heavy (non-hydrogen) atoms. The van der Waals surface area contributed by atoms with Gasteiger partial charge in [-0.05, 0) is 46.3 Å². The van der Waals surface area contributed by atoms with Crippen molar-refractivity contribution in [2.75, 3.05) is 5.73 Å². The van der Waals surface area contributed by atoms with Gasteiger partial charge in [0.05, 0.1) is 10.0 Å². The van der Waals surface area contributed by atoms with Crippen molar-refractivity contribution in [1.82, 2.24) is 0 Å². The first-order chi connectivity index (χ1) is 8.00. The van der Waals surface area contributed by atoms with Gasteiger partial charge in [0.2, 0.25) is 0 Å². The van der Waals surface area contributed by atoms with Gasteiger partial charge in [-0.1, -0.05) is 0 Å². The molecule has 2 aromatic rings. The molecule has 0 radical (unpaired) electrons. The van der Waals surface area contributed by atoms with E-state index < -0.39 is 23.0 Å². The van der Waals surface area contributed by atoms with Crippen molar-refractivity contribution < 1.29 is 13.2 Å². The van der Waals surface area contributed by atoms with E-state index in [2.05, 4.69) is 15.9 Å². The van der Waals surface area contributed by atoms with Gasteiger partial charge in [-0.15, -0.1) is 0 Å². The number of halogens is 4. The molecule has 0 amide bonds. The van der Waals surface area contributed by atoms with Crippen LogP contribution in [0.15, 0.2) is 34.8 Å². The van der Waals surface area contributed by atoms with E-state index in [9.17, 15) is 13.2 Å². The predicted molar refractivity (Wildman–Crippen MR) is 63.9 cm³/mol. The standard InChI is InChI=1S/C12H7BrF3N/c13-8-3-4-9(14)11(12(8)16)7-2-1-6(17)5-10(7)15/h1-5H,17H2. The molecule has 0 saturated carbocycles. The number of rotatable bonds is 1. The molecular formula is C12H7BrF3N. The molecule has 0 aliphatic carbocycles. The lowest BCUT2D eigenvalue weighted by Crippen LogP contribution is -1.95. The number of hydrogen-bond acceptors (Lipinski definition) is 1. The van der Waals surface area contributed by atoms with Crippen molar-refractivity contribution in [1.29, 1.82) is 0 Å². The molecule has 0 fully saturated rings. The summed E-state index contributed by atoms with van der Waals surface area (Å²) in [5, 5.41) is 0. The highest BCUT2D eigenvalue weighted by molar-refractivity contribution is 9.10. The van der Waals surface area contributed by atoms with E-state index in [1.807, 2.05) is 0 Å². The van der Waals surface area contributed by atoms with Crippen LogP contribution in [0.1, 0.15) is 0 Å². The van der Waals surface area contributed by atoms with Crippen LogP contribution < -0.4 is 5.73 Å². The normalized spacial score (nSPS) is 10.6. The van der Waals surface area contributed by atoms with Gasteiger partial charge in [0, 0.05) is 11.3 Å². The molecule has 0 unspecified atom stereocenters. The van der Waals surface area contributed by atoms with Gasteiger partial charge in [0.25, 0.3) is 0 Å². The van der Waals surface area contributed by atoms with Gasteiger partial charge in [-0.25, -0.2) is 13.2 Å². The summed E-state index contributed by atoms with van der Waals surface area (Å²) in [5.41, 5.74) is 5.01. The summed E-state index contributed by atoms with van der Waals surface area (Å²) < 4.78 is 41.0. The molecule has 0 spiro atoms. The lowest BCUT2D eigenvalue weighted by atomic mass is 10.0. The van der Waals surface area contributed by atoms with Gasteiger partial charge in [-0.3, -0.25) is 0 Å².